The van der Waals surface area contributed by atoms with Crippen molar-refractivity contribution >= 4 is 0 Å². The van der Waals surface area contributed by atoms with Crippen LogP contribution in [0.1, 0.15) is 34.6 Å². The summed E-state index contributed by atoms with van der Waals surface area (Å²) in [4.78, 5) is 0. The molecule has 0 atom stereocenters. The molecule has 0 aliphatic rings. The van der Waals surface area contributed by atoms with E-state index in [-0.39, 0.29) is 0 Å². The Balaban J connectivity index is 5.57. The molecule has 0 aromatic carbocycles. The van der Waals surface area contributed by atoms with Gasteiger partial charge in [0, 0.05) is 0 Å². The van der Waals surface area contributed by atoms with Crippen LogP contribution in [0.15, 0.2) is 59.3 Å². The van der Waals surface area contributed by atoms with E-state index in [1.54, 1.807) is 0 Å². The molecule has 0 amide bonds. The van der Waals surface area contributed by atoms with Gasteiger partial charge in [-0.05, 0) is 51.3 Å². The lowest BCUT2D eigenvalue weighted by molar-refractivity contribution is 1.22. The maximum Gasteiger partial charge on any atom is -0.0169 e. The minimum atomic E-state index is 1.10. The van der Waals surface area contributed by atoms with Crippen LogP contribution in [0.5, 0.6) is 0 Å². The van der Waals surface area contributed by atoms with Crippen LogP contribution in [0.4, 0.5) is 0 Å². The molecular weight excluding hydrogens is 180 g/mol. The van der Waals surface area contributed by atoms with Crippen molar-refractivity contribution in [3.63, 3.8) is 0 Å². The van der Waals surface area contributed by atoms with Crippen LogP contribution in [0, 0.1) is 0 Å². The van der Waals surface area contributed by atoms with Crippen LogP contribution in [0.25, 0.3) is 0 Å². The maximum absolute atomic E-state index is 4.02. The van der Waals surface area contributed by atoms with Crippen LogP contribution in [-0.2, 0) is 0 Å². The first kappa shape index (κ1) is 13.7. The van der Waals surface area contributed by atoms with Crippen molar-refractivity contribution in [3.8, 4) is 0 Å². The van der Waals surface area contributed by atoms with Gasteiger partial charge < -0.3 is 0 Å². The second-order valence-electron chi connectivity index (χ2n) is 3.94. The van der Waals surface area contributed by atoms with Gasteiger partial charge in [-0.2, -0.15) is 0 Å². The van der Waals surface area contributed by atoms with Gasteiger partial charge in [-0.15, -0.1) is 0 Å². The average Bonchev–Trinajstić information content (AvgIpc) is 2.12. The molecule has 0 unspecified atom stereocenters. The van der Waals surface area contributed by atoms with Crippen LogP contribution < -0.4 is 0 Å². The average molecular weight is 202 g/mol. The highest BCUT2D eigenvalue weighted by Gasteiger charge is 2.08. The second kappa shape index (κ2) is 6.23. The van der Waals surface area contributed by atoms with Gasteiger partial charge in [0.15, 0.2) is 0 Å². The Bertz CT molecular complexity index is 342. The topological polar surface area (TPSA) is 0 Å². The summed E-state index contributed by atoms with van der Waals surface area (Å²) in [6, 6.07) is 0. The van der Waals surface area contributed by atoms with Crippen LogP contribution in [-0.4, -0.2) is 0 Å². The molecule has 0 aliphatic carbocycles. The molecule has 0 saturated heterocycles. The van der Waals surface area contributed by atoms with Gasteiger partial charge in [-0.1, -0.05) is 42.5 Å². The van der Waals surface area contributed by atoms with E-state index in [1.165, 1.54) is 22.3 Å². The summed E-state index contributed by atoms with van der Waals surface area (Å²) in [7, 11) is 0. The Morgan fingerprint density at radius 2 is 1.60 bits per heavy atom. The van der Waals surface area contributed by atoms with Crippen molar-refractivity contribution in [1.82, 2.24) is 0 Å². The molecule has 0 aromatic rings. The summed E-state index contributed by atoms with van der Waals surface area (Å²) < 4.78 is 0. The maximum atomic E-state index is 4.02. The standard InChI is InChI=1S/C15H22/c1-8-10-13(7)15(12(5)6)14(9-2)11(3)4/h8-10H,1,3H2,2,4-7H3/b13-10-,14-9-. The Kier molecular flexibility index (Phi) is 5.69. The van der Waals surface area contributed by atoms with Gasteiger partial charge in [-0.3, -0.25) is 0 Å². The quantitative estimate of drug-likeness (QED) is 0.564. The van der Waals surface area contributed by atoms with Crippen molar-refractivity contribution in [2.24, 2.45) is 0 Å². The van der Waals surface area contributed by atoms with Crippen molar-refractivity contribution in [2.75, 3.05) is 0 Å². The summed E-state index contributed by atoms with van der Waals surface area (Å²) in [6.45, 7) is 18.2. The molecule has 0 bridgehead atoms. The highest BCUT2D eigenvalue weighted by atomic mass is 14.1. The molecule has 0 rings (SSSR count). The van der Waals surface area contributed by atoms with Gasteiger partial charge in [0.25, 0.3) is 0 Å². The van der Waals surface area contributed by atoms with E-state index in [1.807, 2.05) is 26.0 Å². The van der Waals surface area contributed by atoms with Gasteiger partial charge in [-0.25, -0.2) is 0 Å². The second-order valence-corrected chi connectivity index (χ2v) is 3.94. The van der Waals surface area contributed by atoms with E-state index in [2.05, 4.69) is 40.0 Å². The summed E-state index contributed by atoms with van der Waals surface area (Å²) in [5.74, 6) is 0. The molecular formula is C15H22. The van der Waals surface area contributed by atoms with E-state index in [4.69, 9.17) is 0 Å². The van der Waals surface area contributed by atoms with E-state index >= 15 is 0 Å². The zero-order valence-corrected chi connectivity index (χ0v) is 10.6. The minimum Gasteiger partial charge on any atom is -0.0991 e. The van der Waals surface area contributed by atoms with Crippen molar-refractivity contribution in [3.05, 3.63) is 59.3 Å². The molecule has 0 radical (unpaired) electrons. The Morgan fingerprint density at radius 3 is 1.87 bits per heavy atom. The third-order valence-corrected chi connectivity index (χ3v) is 2.28. The smallest absolute Gasteiger partial charge is 0.0169 e. The van der Waals surface area contributed by atoms with E-state index in [9.17, 15) is 0 Å². The number of hydrogen-bond acceptors (Lipinski definition) is 0. The molecule has 82 valence electrons. The normalized spacial score (nSPS) is 12.3. The highest BCUT2D eigenvalue weighted by molar-refractivity contribution is 5.56. The van der Waals surface area contributed by atoms with E-state index in [0.717, 1.165) is 5.57 Å². The third kappa shape index (κ3) is 3.75. The molecule has 0 fully saturated rings. The SMILES string of the molecule is C=C/C=C(/C)C(=C(C)C)/C(=C\C)C(=C)C. The summed E-state index contributed by atoms with van der Waals surface area (Å²) in [6.07, 6.45) is 5.98. The first-order valence-corrected chi connectivity index (χ1v) is 5.25. The summed E-state index contributed by atoms with van der Waals surface area (Å²) >= 11 is 0. The highest BCUT2D eigenvalue weighted by Crippen LogP contribution is 2.27. The van der Waals surface area contributed by atoms with Gasteiger partial charge in [0.2, 0.25) is 0 Å². The predicted octanol–water partition coefficient (Wildman–Crippen LogP) is 4.98. The molecule has 0 nitrogen and oxygen atoms in total. The van der Waals surface area contributed by atoms with E-state index in [0.29, 0.717) is 0 Å². The molecule has 0 heteroatoms. The van der Waals surface area contributed by atoms with Crippen molar-refractivity contribution < 1.29 is 0 Å². The molecule has 15 heavy (non-hydrogen) atoms. The van der Waals surface area contributed by atoms with Gasteiger partial charge in [0.1, 0.15) is 0 Å². The van der Waals surface area contributed by atoms with Crippen LogP contribution in [0.2, 0.25) is 0 Å². The lowest BCUT2D eigenvalue weighted by atomic mass is 9.90. The predicted molar refractivity (Wildman–Crippen MR) is 70.9 cm³/mol. The molecule has 0 saturated carbocycles. The van der Waals surface area contributed by atoms with Crippen molar-refractivity contribution in [2.45, 2.75) is 34.6 Å². The fourth-order valence-corrected chi connectivity index (χ4v) is 1.74. The van der Waals surface area contributed by atoms with Gasteiger partial charge >= 0.3 is 0 Å². The van der Waals surface area contributed by atoms with Crippen molar-refractivity contribution in [1.29, 1.82) is 0 Å². The Hall–Kier alpha value is -1.30. The first-order valence-electron chi connectivity index (χ1n) is 5.25. The van der Waals surface area contributed by atoms with Crippen LogP contribution >= 0.6 is 0 Å². The number of rotatable bonds is 4. The summed E-state index contributed by atoms with van der Waals surface area (Å²) in [5, 5.41) is 0. The lowest BCUT2D eigenvalue weighted by Gasteiger charge is -2.15. The molecule has 0 aliphatic heterocycles. The zero-order valence-electron chi connectivity index (χ0n) is 10.6. The Labute approximate surface area is 94.4 Å². The first-order chi connectivity index (χ1) is 6.95. The van der Waals surface area contributed by atoms with Gasteiger partial charge in [0.05, 0.1) is 0 Å². The fraction of sp³-hybridized carbons (Fsp3) is 0.333. The van der Waals surface area contributed by atoms with Crippen LogP contribution in [0.3, 0.4) is 0 Å². The molecule has 0 spiro atoms. The number of allylic oxidation sites excluding steroid dienone is 8. The third-order valence-electron chi connectivity index (χ3n) is 2.28. The largest absolute Gasteiger partial charge is 0.0991 e. The zero-order chi connectivity index (χ0) is 12.0. The lowest BCUT2D eigenvalue weighted by Crippen LogP contribution is -1.95. The van der Waals surface area contributed by atoms with E-state index < -0.39 is 0 Å². The monoisotopic (exact) mass is 202 g/mol. The summed E-state index contributed by atoms with van der Waals surface area (Å²) in [5.41, 5.74) is 6.16. The number of hydrogen-bond donors (Lipinski definition) is 0. The molecule has 0 heterocycles. The minimum absolute atomic E-state index is 1.10. The fourth-order valence-electron chi connectivity index (χ4n) is 1.74. The molecule has 0 N–H and O–H groups in total. The Morgan fingerprint density at radius 1 is 1.07 bits per heavy atom. The molecule has 0 aromatic heterocycles.